The van der Waals surface area contributed by atoms with Crippen molar-refractivity contribution in [2.24, 2.45) is 0 Å². The normalized spacial score (nSPS) is 11.3. The van der Waals surface area contributed by atoms with E-state index in [1.54, 1.807) is 0 Å². The molecule has 0 aliphatic carbocycles. The number of hydrogen-bond acceptors (Lipinski definition) is 4. The van der Waals surface area contributed by atoms with Crippen molar-refractivity contribution < 1.29 is 14.7 Å². The molecule has 6 heteroatoms. The average Bonchev–Trinajstić information content (AvgIpc) is 2.93. The number of aliphatic carboxylic acids is 1. The fraction of sp³-hybridized carbons (Fsp3) is 0.353. The molecular formula is C17H20N2O3S. The third kappa shape index (κ3) is 4.89. The van der Waals surface area contributed by atoms with Crippen molar-refractivity contribution in [1.82, 2.24) is 4.98 Å². The summed E-state index contributed by atoms with van der Waals surface area (Å²) >= 11 is 1.33. The molecular weight excluding hydrogens is 312 g/mol. The van der Waals surface area contributed by atoms with Gasteiger partial charge in [0.2, 0.25) is 5.91 Å². The van der Waals surface area contributed by atoms with Gasteiger partial charge in [0.15, 0.2) is 5.13 Å². The summed E-state index contributed by atoms with van der Waals surface area (Å²) in [4.78, 5) is 26.4. The molecule has 2 rings (SSSR count). The van der Waals surface area contributed by atoms with E-state index in [-0.39, 0.29) is 24.2 Å². The summed E-state index contributed by atoms with van der Waals surface area (Å²) in [5, 5.41) is 13.6. The molecule has 0 saturated heterocycles. The average molecular weight is 332 g/mol. The van der Waals surface area contributed by atoms with Crippen LogP contribution in [-0.4, -0.2) is 22.0 Å². The van der Waals surface area contributed by atoms with E-state index in [4.69, 9.17) is 5.11 Å². The molecule has 122 valence electrons. The van der Waals surface area contributed by atoms with Gasteiger partial charge in [-0.15, -0.1) is 11.3 Å². The number of benzene rings is 1. The van der Waals surface area contributed by atoms with Crippen molar-refractivity contribution in [3.63, 3.8) is 0 Å². The highest BCUT2D eigenvalue weighted by molar-refractivity contribution is 7.14. The molecule has 23 heavy (non-hydrogen) atoms. The summed E-state index contributed by atoms with van der Waals surface area (Å²) in [6, 6.07) is 8.21. The lowest BCUT2D eigenvalue weighted by atomic mass is 9.86. The minimum absolute atomic E-state index is 0.0511. The third-order valence-electron chi connectivity index (χ3n) is 3.36. The predicted octanol–water partition coefficient (Wildman–Crippen LogP) is 3.91. The first-order valence-corrected chi connectivity index (χ1v) is 8.22. The van der Waals surface area contributed by atoms with Crippen molar-refractivity contribution in [3.8, 4) is 11.3 Å². The second-order valence-electron chi connectivity index (χ2n) is 6.31. The molecule has 2 aromatic rings. The molecule has 0 atom stereocenters. The van der Waals surface area contributed by atoms with Gasteiger partial charge in [-0.1, -0.05) is 45.0 Å². The highest BCUT2D eigenvalue weighted by atomic mass is 32.1. The van der Waals surface area contributed by atoms with Crippen LogP contribution in [0.25, 0.3) is 11.3 Å². The molecule has 0 spiro atoms. The largest absolute Gasteiger partial charge is 0.481 e. The number of hydrogen-bond donors (Lipinski definition) is 2. The molecule has 0 unspecified atom stereocenters. The van der Waals surface area contributed by atoms with Crippen molar-refractivity contribution in [1.29, 1.82) is 0 Å². The van der Waals surface area contributed by atoms with Crippen molar-refractivity contribution in [3.05, 3.63) is 35.2 Å². The number of aromatic nitrogens is 1. The maximum Gasteiger partial charge on any atom is 0.303 e. The van der Waals surface area contributed by atoms with Gasteiger partial charge < -0.3 is 10.4 Å². The Labute approximate surface area is 139 Å². The van der Waals surface area contributed by atoms with Crippen LogP contribution in [0.3, 0.4) is 0 Å². The molecule has 0 aliphatic heterocycles. The van der Waals surface area contributed by atoms with Gasteiger partial charge in [-0.2, -0.15) is 0 Å². The van der Waals surface area contributed by atoms with Crippen LogP contribution in [-0.2, 0) is 15.0 Å². The van der Waals surface area contributed by atoms with Crippen LogP contribution in [0.1, 0.15) is 39.2 Å². The Morgan fingerprint density at radius 1 is 1.17 bits per heavy atom. The van der Waals surface area contributed by atoms with Crippen LogP contribution in [0.2, 0.25) is 0 Å². The van der Waals surface area contributed by atoms with Crippen LogP contribution in [0.4, 0.5) is 5.13 Å². The van der Waals surface area contributed by atoms with Gasteiger partial charge in [-0.05, 0) is 11.0 Å². The minimum Gasteiger partial charge on any atom is -0.481 e. The molecule has 1 amide bonds. The number of carbonyl (C=O) groups excluding carboxylic acids is 1. The van der Waals surface area contributed by atoms with E-state index >= 15 is 0 Å². The number of anilines is 1. The third-order valence-corrected chi connectivity index (χ3v) is 4.12. The van der Waals surface area contributed by atoms with Gasteiger partial charge >= 0.3 is 5.97 Å². The first-order valence-electron chi connectivity index (χ1n) is 7.34. The van der Waals surface area contributed by atoms with Crippen molar-refractivity contribution in [2.45, 2.75) is 39.0 Å². The van der Waals surface area contributed by atoms with Crippen LogP contribution in [0.5, 0.6) is 0 Å². The Balaban J connectivity index is 2.04. The van der Waals surface area contributed by atoms with Gasteiger partial charge in [0.25, 0.3) is 0 Å². The fourth-order valence-electron chi connectivity index (χ4n) is 2.01. The number of nitrogens with zero attached hydrogens (tertiary/aromatic N) is 1. The van der Waals surface area contributed by atoms with E-state index in [1.807, 2.05) is 17.5 Å². The molecule has 1 aromatic heterocycles. The molecule has 1 heterocycles. The summed E-state index contributed by atoms with van der Waals surface area (Å²) in [7, 11) is 0. The molecule has 0 radical (unpaired) electrons. The number of carboxylic acids is 1. The number of amides is 1. The van der Waals surface area contributed by atoms with E-state index in [1.165, 1.54) is 16.9 Å². The first-order chi connectivity index (χ1) is 10.8. The van der Waals surface area contributed by atoms with Crippen LogP contribution < -0.4 is 5.32 Å². The highest BCUT2D eigenvalue weighted by Crippen LogP contribution is 2.28. The molecule has 2 N–H and O–H groups in total. The molecule has 0 aliphatic rings. The van der Waals surface area contributed by atoms with Crippen molar-refractivity contribution in [2.75, 3.05) is 5.32 Å². The topological polar surface area (TPSA) is 79.3 Å². The van der Waals surface area contributed by atoms with Gasteiger partial charge in [-0.25, -0.2) is 4.98 Å². The summed E-state index contributed by atoms with van der Waals surface area (Å²) < 4.78 is 0. The predicted molar refractivity (Wildman–Crippen MR) is 91.7 cm³/mol. The SMILES string of the molecule is CC(C)(C)c1ccc(-c2csc(NC(=O)CCC(=O)O)n2)cc1. The minimum atomic E-state index is -0.987. The van der Waals surface area contributed by atoms with E-state index in [0.717, 1.165) is 11.3 Å². The fourth-order valence-corrected chi connectivity index (χ4v) is 2.74. The summed E-state index contributed by atoms with van der Waals surface area (Å²) in [5.41, 5.74) is 3.13. The Kier molecular flexibility index (Phi) is 5.15. The zero-order valence-electron chi connectivity index (χ0n) is 13.4. The van der Waals surface area contributed by atoms with E-state index in [0.29, 0.717) is 5.13 Å². The van der Waals surface area contributed by atoms with Gasteiger partial charge in [0.05, 0.1) is 12.1 Å². The molecule has 5 nitrogen and oxygen atoms in total. The van der Waals surface area contributed by atoms with Gasteiger partial charge in [0.1, 0.15) is 0 Å². The number of carboxylic acid groups (broad SMARTS) is 1. The lowest BCUT2D eigenvalue weighted by Gasteiger charge is -2.18. The van der Waals surface area contributed by atoms with Crippen LogP contribution >= 0.6 is 11.3 Å². The maximum atomic E-state index is 11.6. The zero-order chi connectivity index (χ0) is 17.0. The summed E-state index contributed by atoms with van der Waals surface area (Å²) in [6.45, 7) is 6.49. The molecule has 1 aromatic carbocycles. The second-order valence-corrected chi connectivity index (χ2v) is 7.17. The van der Waals surface area contributed by atoms with E-state index in [2.05, 4.69) is 43.2 Å². The standard InChI is InChI=1S/C17H20N2O3S/c1-17(2,3)12-6-4-11(5-7-12)13-10-23-16(18-13)19-14(20)8-9-15(21)22/h4-7,10H,8-9H2,1-3H3,(H,21,22)(H,18,19,20). The Morgan fingerprint density at radius 2 is 1.83 bits per heavy atom. The van der Waals surface area contributed by atoms with Crippen molar-refractivity contribution >= 4 is 28.3 Å². The Morgan fingerprint density at radius 3 is 2.39 bits per heavy atom. The molecule has 0 fully saturated rings. The molecule has 0 bridgehead atoms. The zero-order valence-corrected chi connectivity index (χ0v) is 14.2. The molecule has 0 saturated carbocycles. The number of rotatable bonds is 5. The van der Waals surface area contributed by atoms with Gasteiger partial charge in [0, 0.05) is 17.4 Å². The van der Waals surface area contributed by atoms with E-state index < -0.39 is 5.97 Å². The maximum absolute atomic E-state index is 11.6. The summed E-state index contributed by atoms with van der Waals surface area (Å²) in [5.74, 6) is -1.32. The first kappa shape index (κ1) is 17.1. The number of nitrogens with one attached hydrogen (secondary N) is 1. The lowest BCUT2D eigenvalue weighted by Crippen LogP contribution is -2.12. The number of carbonyl (C=O) groups is 2. The smallest absolute Gasteiger partial charge is 0.303 e. The van der Waals surface area contributed by atoms with E-state index in [9.17, 15) is 9.59 Å². The van der Waals surface area contributed by atoms with Gasteiger partial charge in [-0.3, -0.25) is 9.59 Å². The highest BCUT2D eigenvalue weighted by Gasteiger charge is 2.14. The quantitative estimate of drug-likeness (QED) is 0.870. The monoisotopic (exact) mass is 332 g/mol. The number of thiazole rings is 1. The second kappa shape index (κ2) is 6.91. The van der Waals surface area contributed by atoms with Crippen LogP contribution in [0.15, 0.2) is 29.6 Å². The Hall–Kier alpha value is -2.21. The lowest BCUT2D eigenvalue weighted by molar-refractivity contribution is -0.138. The Bertz CT molecular complexity index is 699. The summed E-state index contributed by atoms with van der Waals surface area (Å²) in [6.07, 6.45) is -0.233. The van der Waals surface area contributed by atoms with Crippen LogP contribution in [0, 0.1) is 0 Å².